The van der Waals surface area contributed by atoms with E-state index < -0.39 is 0 Å². The van der Waals surface area contributed by atoms with Gasteiger partial charge >= 0.3 is 6.03 Å². The van der Waals surface area contributed by atoms with Crippen LogP contribution >= 0.6 is 0 Å². The van der Waals surface area contributed by atoms with E-state index >= 15 is 0 Å². The number of benzene rings is 1. The third kappa shape index (κ3) is 4.88. The van der Waals surface area contributed by atoms with Gasteiger partial charge in [0.2, 0.25) is 0 Å². The molecule has 1 aromatic carbocycles. The van der Waals surface area contributed by atoms with E-state index in [0.717, 1.165) is 17.0 Å². The predicted octanol–water partition coefficient (Wildman–Crippen LogP) is 2.38. The minimum absolute atomic E-state index is 0.0670. The molecule has 0 saturated carbocycles. The van der Waals surface area contributed by atoms with Gasteiger partial charge in [-0.1, -0.05) is 30.3 Å². The number of amides is 3. The van der Waals surface area contributed by atoms with E-state index in [-0.39, 0.29) is 24.5 Å². The predicted molar refractivity (Wildman–Crippen MR) is 115 cm³/mol. The lowest BCUT2D eigenvalue weighted by Crippen LogP contribution is -2.47. The molecule has 0 saturated heterocycles. The van der Waals surface area contributed by atoms with Crippen molar-refractivity contribution in [2.75, 3.05) is 33.4 Å². The van der Waals surface area contributed by atoms with Crippen molar-refractivity contribution in [3.05, 3.63) is 59.9 Å². The van der Waals surface area contributed by atoms with Gasteiger partial charge in [-0.15, -0.1) is 0 Å². The molecule has 1 aliphatic heterocycles. The summed E-state index contributed by atoms with van der Waals surface area (Å²) >= 11 is 0. The van der Waals surface area contributed by atoms with Crippen molar-refractivity contribution >= 4 is 17.6 Å². The maximum Gasteiger partial charge on any atom is 0.317 e. The van der Waals surface area contributed by atoms with Crippen LogP contribution in [0.5, 0.6) is 0 Å². The molecule has 1 atom stereocenters. The monoisotopic (exact) mass is 411 g/mol. The Bertz CT molecular complexity index is 893. The number of aromatic nitrogens is 1. The average Bonchev–Trinajstić information content (AvgIpc) is 3.38. The number of carbonyl (C=O) groups excluding carboxylic acids is 2. The number of nitrogens with zero attached hydrogens (tertiary/aromatic N) is 4. The number of methoxy groups -OCH3 is 1. The zero-order chi connectivity index (χ0) is 21.5. The van der Waals surface area contributed by atoms with Crippen molar-refractivity contribution in [1.29, 1.82) is 0 Å². The molecule has 0 bridgehead atoms. The molecule has 1 N–H and O–H groups in total. The summed E-state index contributed by atoms with van der Waals surface area (Å²) in [6.07, 6.45) is 2.58. The highest BCUT2D eigenvalue weighted by Crippen LogP contribution is 2.32. The number of hydrazone groups is 1. The zero-order valence-electron chi connectivity index (χ0n) is 17.7. The summed E-state index contributed by atoms with van der Waals surface area (Å²) in [4.78, 5) is 27.1. The van der Waals surface area contributed by atoms with Crippen LogP contribution in [-0.4, -0.2) is 65.5 Å². The molecular weight excluding hydrogens is 382 g/mol. The molecule has 8 nitrogen and oxygen atoms in total. The van der Waals surface area contributed by atoms with Crippen molar-refractivity contribution in [2.45, 2.75) is 19.4 Å². The lowest BCUT2D eigenvalue weighted by Gasteiger charge is -2.27. The quantitative estimate of drug-likeness (QED) is 0.724. The van der Waals surface area contributed by atoms with Crippen LogP contribution < -0.4 is 5.32 Å². The molecule has 0 fully saturated rings. The topological polar surface area (TPSA) is 79.2 Å². The van der Waals surface area contributed by atoms with Crippen LogP contribution in [0.25, 0.3) is 0 Å². The van der Waals surface area contributed by atoms with Gasteiger partial charge in [0.25, 0.3) is 5.91 Å². The molecule has 3 rings (SSSR count). The molecule has 1 aliphatic rings. The summed E-state index contributed by atoms with van der Waals surface area (Å²) in [5.41, 5.74) is 2.85. The second kappa shape index (κ2) is 10.1. The first-order chi connectivity index (χ1) is 14.5. The van der Waals surface area contributed by atoms with Crippen LogP contribution in [0.2, 0.25) is 0 Å². The van der Waals surface area contributed by atoms with Gasteiger partial charge in [0, 0.05) is 39.9 Å². The Morgan fingerprint density at radius 1 is 1.23 bits per heavy atom. The number of carbonyl (C=O) groups is 2. The van der Waals surface area contributed by atoms with Gasteiger partial charge in [0.05, 0.1) is 24.1 Å². The van der Waals surface area contributed by atoms with E-state index in [4.69, 9.17) is 4.74 Å². The van der Waals surface area contributed by atoms with Gasteiger partial charge in [0.15, 0.2) is 0 Å². The number of aryl methyl sites for hydroxylation is 1. The van der Waals surface area contributed by atoms with E-state index in [1.165, 1.54) is 9.91 Å². The Labute approximate surface area is 177 Å². The Morgan fingerprint density at radius 2 is 2.00 bits per heavy atom. The zero-order valence-corrected chi connectivity index (χ0v) is 17.7. The van der Waals surface area contributed by atoms with E-state index in [0.29, 0.717) is 26.1 Å². The summed E-state index contributed by atoms with van der Waals surface area (Å²) in [7, 11) is 3.53. The summed E-state index contributed by atoms with van der Waals surface area (Å²) in [6, 6.07) is 13.3. The first-order valence-electron chi connectivity index (χ1n) is 10.1. The Hall–Kier alpha value is -3.13. The van der Waals surface area contributed by atoms with Crippen LogP contribution in [0.3, 0.4) is 0 Å². The fraction of sp³-hybridized carbons (Fsp3) is 0.409. The Kier molecular flexibility index (Phi) is 7.24. The van der Waals surface area contributed by atoms with E-state index in [2.05, 4.69) is 10.4 Å². The minimum Gasteiger partial charge on any atom is -0.383 e. The van der Waals surface area contributed by atoms with Gasteiger partial charge in [-0.2, -0.15) is 5.10 Å². The fourth-order valence-corrected chi connectivity index (χ4v) is 3.54. The number of hydrogen-bond donors (Lipinski definition) is 1. The molecule has 2 aromatic rings. The van der Waals surface area contributed by atoms with Crippen LogP contribution in [0, 0.1) is 0 Å². The second-order valence-electron chi connectivity index (χ2n) is 7.17. The lowest BCUT2D eigenvalue weighted by molar-refractivity contribution is -0.133. The summed E-state index contributed by atoms with van der Waals surface area (Å²) in [5, 5.41) is 8.96. The van der Waals surface area contributed by atoms with Gasteiger partial charge < -0.3 is 19.5 Å². The van der Waals surface area contributed by atoms with Crippen LogP contribution in [-0.2, 0) is 16.6 Å². The molecule has 1 aromatic heterocycles. The van der Waals surface area contributed by atoms with Gasteiger partial charge in [0.1, 0.15) is 6.54 Å². The number of rotatable bonds is 8. The molecule has 0 spiro atoms. The van der Waals surface area contributed by atoms with Crippen molar-refractivity contribution in [3.8, 4) is 0 Å². The first kappa shape index (κ1) is 21.6. The molecule has 0 radical (unpaired) electrons. The largest absolute Gasteiger partial charge is 0.383 e. The molecule has 3 amide bonds. The molecule has 160 valence electrons. The molecule has 0 unspecified atom stereocenters. The maximum absolute atomic E-state index is 13.3. The van der Waals surface area contributed by atoms with Gasteiger partial charge in [-0.25, -0.2) is 9.80 Å². The highest BCUT2D eigenvalue weighted by molar-refractivity contribution is 6.02. The highest BCUT2D eigenvalue weighted by atomic mass is 16.5. The third-order valence-corrected chi connectivity index (χ3v) is 5.10. The van der Waals surface area contributed by atoms with Crippen LogP contribution in [0.4, 0.5) is 4.79 Å². The number of urea groups is 1. The average molecular weight is 412 g/mol. The lowest BCUT2D eigenvalue weighted by atomic mass is 10.0. The molecule has 30 heavy (non-hydrogen) atoms. The number of nitrogens with one attached hydrogen (secondary N) is 1. The summed E-state index contributed by atoms with van der Waals surface area (Å²) in [5.74, 6) is -0.226. The van der Waals surface area contributed by atoms with Crippen molar-refractivity contribution in [3.63, 3.8) is 0 Å². The van der Waals surface area contributed by atoms with Gasteiger partial charge in [-0.3, -0.25) is 4.79 Å². The van der Waals surface area contributed by atoms with E-state index in [1.54, 1.807) is 7.11 Å². The van der Waals surface area contributed by atoms with E-state index in [1.807, 2.05) is 67.2 Å². The smallest absolute Gasteiger partial charge is 0.317 e. The SMILES string of the molecule is CCNC(=O)N(CCOC)CC(=O)N1N=C(c2cccn2C)C[C@@H]1c1ccccc1. The van der Waals surface area contributed by atoms with Crippen molar-refractivity contribution in [1.82, 2.24) is 19.8 Å². The molecular formula is C22H29N5O3. The first-order valence-corrected chi connectivity index (χ1v) is 10.1. The summed E-state index contributed by atoms with van der Waals surface area (Å²) < 4.78 is 7.09. The standard InChI is InChI=1S/C22H29N5O3/c1-4-23-22(29)26(13-14-30-3)16-21(28)27-20(17-9-6-5-7-10-17)15-18(24-27)19-11-8-12-25(19)2/h5-12,20H,4,13-16H2,1-3H3,(H,23,29)/t20-/m1/s1. The Balaban J connectivity index is 1.85. The molecule has 8 heteroatoms. The van der Waals surface area contributed by atoms with Crippen molar-refractivity contribution in [2.24, 2.45) is 12.1 Å². The highest BCUT2D eigenvalue weighted by Gasteiger charge is 2.34. The van der Waals surface area contributed by atoms with Crippen LogP contribution in [0.1, 0.15) is 30.6 Å². The van der Waals surface area contributed by atoms with Crippen LogP contribution in [0.15, 0.2) is 53.8 Å². The molecule has 0 aliphatic carbocycles. The normalized spacial score (nSPS) is 15.8. The fourth-order valence-electron chi connectivity index (χ4n) is 3.54. The summed E-state index contributed by atoms with van der Waals surface area (Å²) in [6.45, 7) is 2.94. The number of ether oxygens (including phenoxy) is 1. The maximum atomic E-state index is 13.3. The van der Waals surface area contributed by atoms with Gasteiger partial charge in [-0.05, 0) is 24.6 Å². The third-order valence-electron chi connectivity index (χ3n) is 5.10. The van der Waals surface area contributed by atoms with E-state index in [9.17, 15) is 9.59 Å². The number of hydrogen-bond acceptors (Lipinski definition) is 4. The second-order valence-corrected chi connectivity index (χ2v) is 7.17. The molecule has 2 heterocycles. The Morgan fingerprint density at radius 3 is 2.63 bits per heavy atom. The minimum atomic E-state index is -0.287. The van der Waals surface area contributed by atoms with Crippen molar-refractivity contribution < 1.29 is 14.3 Å².